The number of hydrogen-bond acceptors (Lipinski definition) is 4. The van der Waals surface area contributed by atoms with Crippen LogP contribution in [0.2, 0.25) is 0 Å². The lowest BCUT2D eigenvalue weighted by Crippen LogP contribution is -2.52. The van der Waals surface area contributed by atoms with Crippen LogP contribution in [0.25, 0.3) is 11.3 Å². The molecule has 1 amide bonds. The summed E-state index contributed by atoms with van der Waals surface area (Å²) in [5.74, 6) is -0.114. The highest BCUT2D eigenvalue weighted by Crippen LogP contribution is 2.37. The van der Waals surface area contributed by atoms with E-state index in [1.165, 1.54) is 0 Å². The van der Waals surface area contributed by atoms with Crippen LogP contribution in [-0.4, -0.2) is 40.1 Å². The lowest BCUT2D eigenvalue weighted by Gasteiger charge is -2.40. The minimum Gasteiger partial charge on any atom is -0.481 e. The van der Waals surface area contributed by atoms with Gasteiger partial charge in [-0.2, -0.15) is 0 Å². The topological polar surface area (TPSA) is 83.6 Å². The predicted molar refractivity (Wildman–Crippen MR) is 108 cm³/mol. The smallest absolute Gasteiger partial charge is 0.311 e. The number of aliphatic carboxylic acids is 1. The van der Waals surface area contributed by atoms with Gasteiger partial charge in [0.2, 0.25) is 5.91 Å². The molecule has 1 aliphatic heterocycles. The molecule has 0 unspecified atom stereocenters. The summed E-state index contributed by atoms with van der Waals surface area (Å²) in [5, 5.41) is 14.2. The summed E-state index contributed by atoms with van der Waals surface area (Å²) in [4.78, 5) is 26.9. The first-order valence-electron chi connectivity index (χ1n) is 10.5. The number of aryl methyl sites for hydroxylation is 1. The zero-order valence-corrected chi connectivity index (χ0v) is 16.9. The first-order valence-corrected chi connectivity index (χ1v) is 10.5. The van der Waals surface area contributed by atoms with Crippen molar-refractivity contribution in [3.8, 4) is 11.3 Å². The molecule has 6 nitrogen and oxygen atoms in total. The molecule has 0 bridgehead atoms. The molecule has 1 saturated heterocycles. The van der Waals surface area contributed by atoms with Crippen LogP contribution in [0.4, 0.5) is 0 Å². The standard InChI is InChI=1S/C23H28N2O4/c1-16-7-9-17(10-8-16)20-13-19(29-24-20)14-23(22(27)28)11-4-12-25(15-23)21(26)18-5-2-3-6-18/h7-10,13,18H,2-6,11-12,14-15H2,1H3,(H,27,28)/t23-/m1/s1. The fraction of sp³-hybridized carbons (Fsp3) is 0.522. The van der Waals surface area contributed by atoms with Gasteiger partial charge in [0, 0.05) is 37.1 Å². The molecule has 1 atom stereocenters. The minimum atomic E-state index is -1.02. The maximum absolute atomic E-state index is 12.9. The van der Waals surface area contributed by atoms with Crippen LogP contribution in [0.1, 0.15) is 49.8 Å². The zero-order chi connectivity index (χ0) is 20.4. The van der Waals surface area contributed by atoms with Crippen LogP contribution in [0, 0.1) is 18.3 Å². The van der Waals surface area contributed by atoms with Crippen molar-refractivity contribution in [2.24, 2.45) is 11.3 Å². The quantitative estimate of drug-likeness (QED) is 0.823. The Bertz CT molecular complexity index is 883. The maximum atomic E-state index is 12.9. The van der Waals surface area contributed by atoms with Gasteiger partial charge in [-0.3, -0.25) is 9.59 Å². The van der Waals surface area contributed by atoms with Gasteiger partial charge in [-0.15, -0.1) is 0 Å². The minimum absolute atomic E-state index is 0.0676. The normalized spacial score (nSPS) is 22.7. The fourth-order valence-corrected chi connectivity index (χ4v) is 4.74. The van der Waals surface area contributed by atoms with E-state index in [-0.39, 0.29) is 24.8 Å². The van der Waals surface area contributed by atoms with Crippen molar-refractivity contribution in [2.75, 3.05) is 13.1 Å². The van der Waals surface area contributed by atoms with Gasteiger partial charge in [0.1, 0.15) is 11.5 Å². The third-order valence-electron chi connectivity index (χ3n) is 6.47. The first kappa shape index (κ1) is 19.7. The molecule has 154 valence electrons. The van der Waals surface area contributed by atoms with Gasteiger partial charge in [0.05, 0.1) is 5.41 Å². The van der Waals surface area contributed by atoms with Crippen molar-refractivity contribution in [3.63, 3.8) is 0 Å². The van der Waals surface area contributed by atoms with Gasteiger partial charge in [0.25, 0.3) is 0 Å². The summed E-state index contributed by atoms with van der Waals surface area (Å²) in [5.41, 5.74) is 1.79. The Kier molecular flexibility index (Phi) is 5.43. The molecule has 29 heavy (non-hydrogen) atoms. The summed E-state index contributed by atoms with van der Waals surface area (Å²) in [6.45, 7) is 2.92. The molecule has 0 spiro atoms. The van der Waals surface area contributed by atoms with Crippen LogP contribution < -0.4 is 0 Å². The lowest BCUT2D eigenvalue weighted by molar-refractivity contribution is -0.156. The molecule has 1 aromatic carbocycles. The number of piperidine rings is 1. The number of nitrogens with zero attached hydrogens (tertiary/aromatic N) is 2. The molecule has 1 N–H and O–H groups in total. The van der Waals surface area contributed by atoms with Crippen LogP contribution in [0.15, 0.2) is 34.9 Å². The van der Waals surface area contributed by atoms with E-state index in [9.17, 15) is 14.7 Å². The van der Waals surface area contributed by atoms with Crippen LogP contribution in [0.5, 0.6) is 0 Å². The molecule has 1 saturated carbocycles. The van der Waals surface area contributed by atoms with E-state index in [4.69, 9.17) is 4.52 Å². The van der Waals surface area contributed by atoms with Gasteiger partial charge in [0.15, 0.2) is 0 Å². The highest BCUT2D eigenvalue weighted by molar-refractivity contribution is 5.81. The van der Waals surface area contributed by atoms with E-state index in [1.807, 2.05) is 37.3 Å². The van der Waals surface area contributed by atoms with E-state index in [0.717, 1.165) is 36.8 Å². The Morgan fingerprint density at radius 2 is 1.93 bits per heavy atom. The number of carbonyl (C=O) groups excluding carboxylic acids is 1. The monoisotopic (exact) mass is 396 g/mol. The second kappa shape index (κ2) is 8.01. The molecule has 2 aliphatic rings. The third-order valence-corrected chi connectivity index (χ3v) is 6.47. The molecule has 1 aliphatic carbocycles. The molecule has 1 aromatic heterocycles. The van der Waals surface area contributed by atoms with E-state index in [2.05, 4.69) is 5.16 Å². The molecule has 2 fully saturated rings. The van der Waals surface area contributed by atoms with Crippen LogP contribution >= 0.6 is 0 Å². The highest BCUT2D eigenvalue weighted by atomic mass is 16.5. The number of carboxylic acid groups (broad SMARTS) is 1. The van der Waals surface area contributed by atoms with Gasteiger partial charge in [-0.1, -0.05) is 47.8 Å². The molecular formula is C23H28N2O4. The lowest BCUT2D eigenvalue weighted by atomic mass is 9.76. The molecular weight excluding hydrogens is 368 g/mol. The highest BCUT2D eigenvalue weighted by Gasteiger charge is 2.45. The first-order chi connectivity index (χ1) is 14.0. The molecule has 4 rings (SSSR count). The van der Waals surface area contributed by atoms with E-state index in [1.54, 1.807) is 4.90 Å². The average Bonchev–Trinajstić information content (AvgIpc) is 3.40. The van der Waals surface area contributed by atoms with Crippen molar-refractivity contribution in [3.05, 3.63) is 41.7 Å². The summed E-state index contributed by atoms with van der Waals surface area (Å²) in [6.07, 6.45) is 5.52. The Morgan fingerprint density at radius 3 is 2.62 bits per heavy atom. The Morgan fingerprint density at radius 1 is 1.21 bits per heavy atom. The molecule has 2 heterocycles. The van der Waals surface area contributed by atoms with Crippen LogP contribution in [-0.2, 0) is 16.0 Å². The maximum Gasteiger partial charge on any atom is 0.311 e. The number of aromatic nitrogens is 1. The largest absolute Gasteiger partial charge is 0.481 e. The second-order valence-corrected chi connectivity index (χ2v) is 8.65. The Labute approximate surface area is 170 Å². The van der Waals surface area contributed by atoms with Crippen molar-refractivity contribution >= 4 is 11.9 Å². The number of hydrogen-bond donors (Lipinski definition) is 1. The van der Waals surface area contributed by atoms with Gasteiger partial charge < -0.3 is 14.5 Å². The number of rotatable bonds is 5. The SMILES string of the molecule is Cc1ccc(-c2cc(C[C@]3(C(=O)O)CCCN(C(=O)C4CCCC4)C3)on2)cc1. The fourth-order valence-electron chi connectivity index (χ4n) is 4.74. The van der Waals surface area contributed by atoms with E-state index in [0.29, 0.717) is 30.8 Å². The van der Waals surface area contributed by atoms with Gasteiger partial charge in [-0.25, -0.2) is 0 Å². The number of amides is 1. The summed E-state index contributed by atoms with van der Waals surface area (Å²) < 4.78 is 5.51. The Balaban J connectivity index is 1.52. The van der Waals surface area contributed by atoms with Crippen molar-refractivity contribution in [1.82, 2.24) is 10.1 Å². The van der Waals surface area contributed by atoms with Crippen molar-refractivity contribution in [2.45, 2.75) is 51.9 Å². The third kappa shape index (κ3) is 4.07. The number of likely N-dealkylation sites (tertiary alicyclic amines) is 1. The summed E-state index contributed by atoms with van der Waals surface area (Å²) in [6, 6.07) is 9.80. The predicted octanol–water partition coefficient (Wildman–Crippen LogP) is 4.08. The molecule has 0 radical (unpaired) electrons. The second-order valence-electron chi connectivity index (χ2n) is 8.65. The Hall–Kier alpha value is -2.63. The van der Waals surface area contributed by atoms with Crippen LogP contribution in [0.3, 0.4) is 0 Å². The summed E-state index contributed by atoms with van der Waals surface area (Å²) in [7, 11) is 0. The molecule has 6 heteroatoms. The van der Waals surface area contributed by atoms with Gasteiger partial charge in [-0.05, 0) is 32.6 Å². The van der Waals surface area contributed by atoms with Gasteiger partial charge >= 0.3 is 5.97 Å². The average molecular weight is 396 g/mol. The van der Waals surface area contributed by atoms with Crippen molar-refractivity contribution in [1.29, 1.82) is 0 Å². The number of benzene rings is 1. The van der Waals surface area contributed by atoms with E-state index >= 15 is 0 Å². The number of carbonyl (C=O) groups is 2. The molecule has 2 aromatic rings. The summed E-state index contributed by atoms with van der Waals surface area (Å²) >= 11 is 0. The zero-order valence-electron chi connectivity index (χ0n) is 16.9. The van der Waals surface area contributed by atoms with E-state index < -0.39 is 11.4 Å². The van der Waals surface area contributed by atoms with Crippen molar-refractivity contribution < 1.29 is 19.2 Å². The number of carboxylic acids is 1.